The Balaban J connectivity index is 0.00000220. The minimum absolute atomic E-state index is 0. The fourth-order valence-corrected chi connectivity index (χ4v) is 2.05. The Kier molecular flexibility index (Phi) is 6.99. The largest absolute Gasteiger partial charge is 0.496 e. The van der Waals surface area contributed by atoms with Crippen molar-refractivity contribution in [2.75, 3.05) is 13.7 Å². The number of ether oxygens (including phenoxy) is 1. The lowest BCUT2D eigenvalue weighted by molar-refractivity contribution is 0.0953. The molecule has 1 heterocycles. The van der Waals surface area contributed by atoms with E-state index in [1.54, 1.807) is 31.5 Å². The highest BCUT2D eigenvalue weighted by Crippen LogP contribution is 2.22. The summed E-state index contributed by atoms with van der Waals surface area (Å²) in [5.41, 5.74) is 1.51. The number of methoxy groups -OCH3 is 1. The van der Waals surface area contributed by atoms with E-state index in [0.717, 1.165) is 11.3 Å². The number of amides is 1. The second-order valence-corrected chi connectivity index (χ2v) is 4.64. The molecule has 1 aromatic carbocycles. The SMILES string of the molecule is COc1ccc(Cl)cc1CCNC(=O)c1cccnc1.Cl. The normalized spacial score (nSPS) is 9.62. The van der Waals surface area contributed by atoms with Gasteiger partial charge in [0.15, 0.2) is 0 Å². The lowest BCUT2D eigenvalue weighted by Gasteiger charge is -2.09. The summed E-state index contributed by atoms with van der Waals surface area (Å²) < 4.78 is 5.26. The van der Waals surface area contributed by atoms with E-state index in [9.17, 15) is 4.79 Å². The van der Waals surface area contributed by atoms with Crippen LogP contribution in [0.4, 0.5) is 0 Å². The van der Waals surface area contributed by atoms with Gasteiger partial charge >= 0.3 is 0 Å². The van der Waals surface area contributed by atoms with Gasteiger partial charge in [-0.15, -0.1) is 12.4 Å². The highest BCUT2D eigenvalue weighted by Gasteiger charge is 2.07. The first-order valence-electron chi connectivity index (χ1n) is 6.21. The molecule has 0 atom stereocenters. The molecular weight excluding hydrogens is 311 g/mol. The molecule has 0 fully saturated rings. The summed E-state index contributed by atoms with van der Waals surface area (Å²) in [4.78, 5) is 15.8. The summed E-state index contributed by atoms with van der Waals surface area (Å²) in [6.45, 7) is 0.504. The zero-order valence-corrected chi connectivity index (χ0v) is 13.1. The van der Waals surface area contributed by atoms with Gasteiger partial charge in [-0.1, -0.05) is 11.6 Å². The average Bonchev–Trinajstić information content (AvgIpc) is 2.48. The number of nitrogens with one attached hydrogen (secondary N) is 1. The van der Waals surface area contributed by atoms with Crippen molar-refractivity contribution in [1.29, 1.82) is 0 Å². The molecule has 0 spiro atoms. The van der Waals surface area contributed by atoms with E-state index in [2.05, 4.69) is 10.3 Å². The minimum atomic E-state index is -0.140. The van der Waals surface area contributed by atoms with Crippen LogP contribution >= 0.6 is 24.0 Å². The quantitative estimate of drug-likeness (QED) is 0.918. The second-order valence-electron chi connectivity index (χ2n) is 4.20. The number of carbonyl (C=O) groups is 1. The van der Waals surface area contributed by atoms with E-state index in [-0.39, 0.29) is 18.3 Å². The Morgan fingerprint density at radius 2 is 2.19 bits per heavy atom. The molecule has 6 heteroatoms. The monoisotopic (exact) mass is 326 g/mol. The summed E-state index contributed by atoms with van der Waals surface area (Å²) in [6.07, 6.45) is 3.82. The summed E-state index contributed by atoms with van der Waals surface area (Å²) >= 11 is 5.96. The molecule has 0 saturated heterocycles. The van der Waals surface area contributed by atoms with Crippen LogP contribution in [0.2, 0.25) is 5.02 Å². The predicted molar refractivity (Wildman–Crippen MR) is 85.5 cm³/mol. The Bertz CT molecular complexity index is 591. The van der Waals surface area contributed by atoms with Crippen molar-refractivity contribution in [3.05, 3.63) is 58.9 Å². The molecule has 112 valence electrons. The molecule has 0 aliphatic heterocycles. The number of aromatic nitrogens is 1. The third-order valence-corrected chi connectivity index (χ3v) is 3.08. The Hall–Kier alpha value is -1.78. The van der Waals surface area contributed by atoms with Gasteiger partial charge in [-0.25, -0.2) is 0 Å². The van der Waals surface area contributed by atoms with Gasteiger partial charge in [0.1, 0.15) is 5.75 Å². The molecule has 0 aliphatic carbocycles. The Morgan fingerprint density at radius 3 is 2.86 bits per heavy atom. The van der Waals surface area contributed by atoms with Crippen molar-refractivity contribution in [2.24, 2.45) is 0 Å². The molecule has 0 saturated carbocycles. The summed E-state index contributed by atoms with van der Waals surface area (Å²) in [5, 5.41) is 3.49. The van der Waals surface area contributed by atoms with E-state index >= 15 is 0 Å². The van der Waals surface area contributed by atoms with Crippen LogP contribution in [0.3, 0.4) is 0 Å². The molecular formula is C15H16Cl2N2O2. The summed E-state index contributed by atoms with van der Waals surface area (Å²) in [5.74, 6) is 0.629. The fourth-order valence-electron chi connectivity index (χ4n) is 1.85. The molecule has 1 N–H and O–H groups in total. The average molecular weight is 327 g/mol. The lowest BCUT2D eigenvalue weighted by atomic mass is 10.1. The molecule has 2 aromatic rings. The summed E-state index contributed by atoms with van der Waals surface area (Å²) in [6, 6.07) is 8.90. The van der Waals surface area contributed by atoms with Gasteiger partial charge < -0.3 is 10.1 Å². The van der Waals surface area contributed by atoms with Crippen molar-refractivity contribution in [3.63, 3.8) is 0 Å². The van der Waals surface area contributed by atoms with Gasteiger partial charge in [-0.05, 0) is 42.3 Å². The van der Waals surface area contributed by atoms with Gasteiger partial charge in [0.25, 0.3) is 5.91 Å². The standard InChI is InChI=1S/C15H15ClN2O2.ClH/c1-20-14-5-4-13(16)9-11(14)6-8-18-15(19)12-3-2-7-17-10-12;/h2-5,7,9-10H,6,8H2,1H3,(H,18,19);1H. The molecule has 4 nitrogen and oxygen atoms in total. The zero-order chi connectivity index (χ0) is 14.4. The van der Waals surface area contributed by atoms with Crippen LogP contribution in [-0.2, 0) is 6.42 Å². The maximum absolute atomic E-state index is 11.8. The van der Waals surface area contributed by atoms with Crippen LogP contribution in [0.5, 0.6) is 5.75 Å². The van der Waals surface area contributed by atoms with Crippen molar-refractivity contribution >= 4 is 29.9 Å². The van der Waals surface area contributed by atoms with Gasteiger partial charge in [-0.3, -0.25) is 9.78 Å². The number of halogens is 2. The molecule has 0 unspecified atom stereocenters. The van der Waals surface area contributed by atoms with E-state index in [0.29, 0.717) is 23.6 Å². The number of benzene rings is 1. The van der Waals surface area contributed by atoms with Gasteiger partial charge in [0, 0.05) is 24.0 Å². The van der Waals surface area contributed by atoms with Crippen molar-refractivity contribution in [2.45, 2.75) is 6.42 Å². The fraction of sp³-hybridized carbons (Fsp3) is 0.200. The molecule has 1 amide bonds. The molecule has 21 heavy (non-hydrogen) atoms. The number of rotatable bonds is 5. The summed E-state index contributed by atoms with van der Waals surface area (Å²) in [7, 11) is 1.61. The highest BCUT2D eigenvalue weighted by molar-refractivity contribution is 6.30. The first-order valence-corrected chi connectivity index (χ1v) is 6.59. The third-order valence-electron chi connectivity index (χ3n) is 2.85. The smallest absolute Gasteiger partial charge is 0.252 e. The van der Waals surface area contributed by atoms with Crippen molar-refractivity contribution in [3.8, 4) is 5.75 Å². The number of hydrogen-bond donors (Lipinski definition) is 1. The zero-order valence-electron chi connectivity index (χ0n) is 11.5. The van der Waals surface area contributed by atoms with Crippen LogP contribution in [0, 0.1) is 0 Å². The Morgan fingerprint density at radius 1 is 1.38 bits per heavy atom. The molecule has 0 radical (unpaired) electrons. The lowest BCUT2D eigenvalue weighted by Crippen LogP contribution is -2.25. The number of carbonyl (C=O) groups excluding carboxylic acids is 1. The minimum Gasteiger partial charge on any atom is -0.496 e. The van der Waals surface area contributed by atoms with Gasteiger partial charge in [-0.2, -0.15) is 0 Å². The predicted octanol–water partition coefficient (Wildman–Crippen LogP) is 3.14. The number of pyridine rings is 1. The second kappa shape index (κ2) is 8.49. The van der Waals surface area contributed by atoms with Crippen LogP contribution < -0.4 is 10.1 Å². The molecule has 0 bridgehead atoms. The molecule has 1 aromatic heterocycles. The van der Waals surface area contributed by atoms with E-state index in [4.69, 9.17) is 16.3 Å². The number of nitrogens with zero attached hydrogens (tertiary/aromatic N) is 1. The van der Waals surface area contributed by atoms with Gasteiger partial charge in [0.2, 0.25) is 0 Å². The molecule has 2 rings (SSSR count). The highest BCUT2D eigenvalue weighted by atomic mass is 35.5. The van der Waals surface area contributed by atoms with Gasteiger partial charge in [0.05, 0.1) is 12.7 Å². The van der Waals surface area contributed by atoms with Crippen molar-refractivity contribution in [1.82, 2.24) is 10.3 Å². The van der Waals surface area contributed by atoms with E-state index < -0.39 is 0 Å². The third kappa shape index (κ3) is 4.92. The maximum Gasteiger partial charge on any atom is 0.252 e. The van der Waals surface area contributed by atoms with Crippen LogP contribution in [0.15, 0.2) is 42.7 Å². The van der Waals surface area contributed by atoms with Crippen molar-refractivity contribution < 1.29 is 9.53 Å². The number of hydrogen-bond acceptors (Lipinski definition) is 3. The van der Waals surface area contributed by atoms with Crippen LogP contribution in [0.1, 0.15) is 15.9 Å². The Labute approximate surface area is 134 Å². The topological polar surface area (TPSA) is 51.2 Å². The molecule has 0 aliphatic rings. The first-order chi connectivity index (χ1) is 9.70. The first kappa shape index (κ1) is 17.3. The maximum atomic E-state index is 11.8. The van der Waals surface area contributed by atoms with Crippen LogP contribution in [-0.4, -0.2) is 24.5 Å². The van der Waals surface area contributed by atoms with E-state index in [1.165, 1.54) is 6.20 Å². The van der Waals surface area contributed by atoms with Crippen LogP contribution in [0.25, 0.3) is 0 Å². The van der Waals surface area contributed by atoms with E-state index in [1.807, 2.05) is 12.1 Å².